The zero-order valence-electron chi connectivity index (χ0n) is 13.5. The summed E-state index contributed by atoms with van der Waals surface area (Å²) in [6.45, 7) is 3.69. The molecular weight excluding hydrogens is 309 g/mol. The van der Waals surface area contributed by atoms with Crippen molar-refractivity contribution in [2.45, 2.75) is 13.8 Å². The summed E-state index contributed by atoms with van der Waals surface area (Å²) in [6, 6.07) is 11.0. The van der Waals surface area contributed by atoms with Crippen LogP contribution in [0.1, 0.15) is 27.0 Å². The van der Waals surface area contributed by atoms with Crippen LogP contribution >= 0.6 is 0 Å². The molecule has 0 bridgehead atoms. The Morgan fingerprint density at radius 1 is 1.08 bits per heavy atom. The molecule has 0 unspecified atom stereocenters. The van der Waals surface area contributed by atoms with Gasteiger partial charge >= 0.3 is 0 Å². The van der Waals surface area contributed by atoms with Gasteiger partial charge in [-0.25, -0.2) is 9.82 Å². The van der Waals surface area contributed by atoms with Gasteiger partial charge in [0.2, 0.25) is 0 Å². The highest BCUT2D eigenvalue weighted by Crippen LogP contribution is 2.09. The molecule has 2 rings (SSSR count). The second-order valence-corrected chi connectivity index (χ2v) is 5.33. The predicted molar refractivity (Wildman–Crippen MR) is 90.4 cm³/mol. The van der Waals surface area contributed by atoms with E-state index in [4.69, 9.17) is 0 Å². The molecule has 0 aromatic heterocycles. The number of amides is 2. The van der Waals surface area contributed by atoms with Crippen molar-refractivity contribution in [3.05, 3.63) is 70.5 Å². The molecule has 0 saturated heterocycles. The Bertz CT molecular complexity index is 770. The van der Waals surface area contributed by atoms with Crippen LogP contribution in [-0.4, -0.2) is 24.6 Å². The fourth-order valence-electron chi connectivity index (χ4n) is 1.91. The van der Waals surface area contributed by atoms with Crippen molar-refractivity contribution in [3.63, 3.8) is 0 Å². The van der Waals surface area contributed by atoms with E-state index in [1.165, 1.54) is 30.5 Å². The van der Waals surface area contributed by atoms with Crippen LogP contribution in [0.5, 0.6) is 0 Å². The van der Waals surface area contributed by atoms with Crippen molar-refractivity contribution in [1.82, 2.24) is 10.7 Å². The number of halogens is 1. The Balaban J connectivity index is 1.81. The molecule has 0 radical (unpaired) electrons. The number of benzene rings is 2. The van der Waals surface area contributed by atoms with Gasteiger partial charge in [0.25, 0.3) is 11.8 Å². The average molecular weight is 327 g/mol. The van der Waals surface area contributed by atoms with E-state index in [0.717, 1.165) is 11.1 Å². The molecule has 5 nitrogen and oxygen atoms in total. The molecule has 24 heavy (non-hydrogen) atoms. The maximum Gasteiger partial charge on any atom is 0.259 e. The van der Waals surface area contributed by atoms with Crippen LogP contribution < -0.4 is 10.7 Å². The van der Waals surface area contributed by atoms with Gasteiger partial charge in [-0.05, 0) is 54.8 Å². The molecule has 0 atom stereocenters. The highest BCUT2D eigenvalue weighted by molar-refractivity contribution is 5.96. The van der Waals surface area contributed by atoms with Crippen molar-refractivity contribution in [2.75, 3.05) is 6.54 Å². The normalized spacial score (nSPS) is 10.6. The Hall–Kier alpha value is -3.02. The largest absolute Gasteiger partial charge is 0.343 e. The number of carbonyl (C=O) groups excluding carboxylic acids is 2. The highest BCUT2D eigenvalue weighted by atomic mass is 19.1. The van der Waals surface area contributed by atoms with Gasteiger partial charge in [-0.3, -0.25) is 9.59 Å². The van der Waals surface area contributed by atoms with Gasteiger partial charge in [0.1, 0.15) is 5.82 Å². The number of rotatable bonds is 5. The smallest absolute Gasteiger partial charge is 0.259 e. The first kappa shape index (κ1) is 17.3. The minimum atomic E-state index is -0.453. The second-order valence-electron chi connectivity index (χ2n) is 5.33. The molecule has 0 aliphatic carbocycles. The van der Waals surface area contributed by atoms with Gasteiger partial charge in [-0.15, -0.1) is 0 Å². The summed E-state index contributed by atoms with van der Waals surface area (Å²) < 4.78 is 12.7. The van der Waals surface area contributed by atoms with Crippen molar-refractivity contribution >= 4 is 18.0 Å². The van der Waals surface area contributed by atoms with Crippen LogP contribution in [0.2, 0.25) is 0 Å². The summed E-state index contributed by atoms with van der Waals surface area (Å²) in [4.78, 5) is 23.6. The molecule has 0 heterocycles. The Kier molecular flexibility index (Phi) is 5.78. The lowest BCUT2D eigenvalue weighted by molar-refractivity contribution is -0.120. The third-order valence-electron chi connectivity index (χ3n) is 3.45. The SMILES string of the molecule is Cc1ccc(C(=O)NCC(=O)N/N=C/c2ccc(F)cc2)cc1C. The van der Waals surface area contributed by atoms with E-state index < -0.39 is 5.91 Å². The lowest BCUT2D eigenvalue weighted by Crippen LogP contribution is -2.34. The van der Waals surface area contributed by atoms with Crippen molar-refractivity contribution in [3.8, 4) is 0 Å². The van der Waals surface area contributed by atoms with E-state index in [2.05, 4.69) is 15.8 Å². The van der Waals surface area contributed by atoms with E-state index in [1.807, 2.05) is 19.9 Å². The Morgan fingerprint density at radius 3 is 2.46 bits per heavy atom. The van der Waals surface area contributed by atoms with Crippen molar-refractivity contribution < 1.29 is 14.0 Å². The molecule has 0 aliphatic heterocycles. The molecule has 2 N–H and O–H groups in total. The van der Waals surface area contributed by atoms with Crippen LogP contribution in [0.3, 0.4) is 0 Å². The Labute approximate surface area is 139 Å². The fourth-order valence-corrected chi connectivity index (χ4v) is 1.91. The first-order valence-electron chi connectivity index (χ1n) is 7.38. The van der Waals surface area contributed by atoms with E-state index in [0.29, 0.717) is 11.1 Å². The maximum absolute atomic E-state index is 12.7. The molecule has 0 spiro atoms. The van der Waals surface area contributed by atoms with Crippen LogP contribution in [0.4, 0.5) is 4.39 Å². The lowest BCUT2D eigenvalue weighted by Gasteiger charge is -2.06. The second kappa shape index (κ2) is 8.01. The zero-order chi connectivity index (χ0) is 17.5. The third kappa shape index (κ3) is 5.01. The lowest BCUT2D eigenvalue weighted by atomic mass is 10.1. The molecule has 2 aromatic rings. The number of hydrogen-bond acceptors (Lipinski definition) is 3. The maximum atomic E-state index is 12.7. The van der Waals surface area contributed by atoms with Gasteiger partial charge in [0.15, 0.2) is 0 Å². The van der Waals surface area contributed by atoms with Crippen LogP contribution in [0.25, 0.3) is 0 Å². The van der Waals surface area contributed by atoms with Crippen LogP contribution in [-0.2, 0) is 4.79 Å². The molecule has 2 amide bonds. The summed E-state index contributed by atoms with van der Waals surface area (Å²) in [5, 5.41) is 6.28. The van der Waals surface area contributed by atoms with Gasteiger partial charge in [0, 0.05) is 5.56 Å². The van der Waals surface area contributed by atoms with Crippen LogP contribution in [0.15, 0.2) is 47.6 Å². The zero-order valence-corrected chi connectivity index (χ0v) is 13.5. The van der Waals surface area contributed by atoms with Crippen LogP contribution in [0, 0.1) is 19.7 Å². The van der Waals surface area contributed by atoms with Gasteiger partial charge in [-0.1, -0.05) is 18.2 Å². The molecule has 124 valence electrons. The molecular formula is C18H18FN3O2. The minimum Gasteiger partial charge on any atom is -0.343 e. The summed E-state index contributed by atoms with van der Waals surface area (Å²) in [5.41, 5.74) is 5.55. The summed E-state index contributed by atoms with van der Waals surface area (Å²) >= 11 is 0. The van der Waals surface area contributed by atoms with E-state index in [-0.39, 0.29) is 18.3 Å². The monoisotopic (exact) mass is 327 g/mol. The third-order valence-corrected chi connectivity index (χ3v) is 3.45. The number of carbonyl (C=O) groups is 2. The fraction of sp³-hybridized carbons (Fsp3) is 0.167. The molecule has 0 aliphatic rings. The number of hydrazone groups is 1. The van der Waals surface area contributed by atoms with Gasteiger partial charge in [0.05, 0.1) is 12.8 Å². The Morgan fingerprint density at radius 2 is 1.79 bits per heavy atom. The molecule has 0 saturated carbocycles. The topological polar surface area (TPSA) is 70.6 Å². The first-order valence-corrected chi connectivity index (χ1v) is 7.38. The predicted octanol–water partition coefficient (Wildman–Crippen LogP) is 2.32. The number of nitrogens with one attached hydrogen (secondary N) is 2. The van der Waals surface area contributed by atoms with Crippen molar-refractivity contribution in [1.29, 1.82) is 0 Å². The van der Waals surface area contributed by atoms with E-state index in [9.17, 15) is 14.0 Å². The van der Waals surface area contributed by atoms with E-state index in [1.54, 1.807) is 12.1 Å². The quantitative estimate of drug-likeness (QED) is 0.653. The standard InChI is InChI=1S/C18H18FN3O2/c1-12-3-6-15(9-13(12)2)18(24)20-11-17(23)22-21-10-14-4-7-16(19)8-5-14/h3-10H,11H2,1-2H3,(H,20,24)(H,22,23)/b21-10+. The van der Waals surface area contributed by atoms with Gasteiger partial charge < -0.3 is 5.32 Å². The molecule has 2 aromatic carbocycles. The summed E-state index contributed by atoms with van der Waals surface area (Å²) in [5.74, 6) is -1.12. The number of nitrogens with zero attached hydrogens (tertiary/aromatic N) is 1. The average Bonchev–Trinajstić information content (AvgIpc) is 2.57. The minimum absolute atomic E-state index is 0.188. The number of aryl methyl sites for hydroxylation is 2. The summed E-state index contributed by atoms with van der Waals surface area (Å²) in [7, 11) is 0. The molecule has 0 fully saturated rings. The number of hydrogen-bond donors (Lipinski definition) is 2. The van der Waals surface area contributed by atoms with Gasteiger partial charge in [-0.2, -0.15) is 5.10 Å². The van der Waals surface area contributed by atoms with Crippen molar-refractivity contribution in [2.24, 2.45) is 5.10 Å². The molecule has 6 heteroatoms. The highest BCUT2D eigenvalue weighted by Gasteiger charge is 2.08. The van der Waals surface area contributed by atoms with E-state index >= 15 is 0 Å². The summed E-state index contributed by atoms with van der Waals surface area (Å²) in [6.07, 6.45) is 1.39. The first-order chi connectivity index (χ1) is 11.5.